The van der Waals surface area contributed by atoms with Crippen LogP contribution in [-0.2, 0) is 4.79 Å². The second kappa shape index (κ2) is 7.19. The Morgan fingerprint density at radius 2 is 2.12 bits per heavy atom. The monoisotopic (exact) mass is 228 g/mol. The van der Waals surface area contributed by atoms with Crippen molar-refractivity contribution in [3.8, 4) is 0 Å². The van der Waals surface area contributed by atoms with Crippen LogP contribution in [0.3, 0.4) is 0 Å². The first kappa shape index (κ1) is 12.9. The van der Waals surface area contributed by atoms with E-state index < -0.39 is 6.03 Å². The zero-order valence-corrected chi connectivity index (χ0v) is 9.71. The zero-order chi connectivity index (χ0) is 11.8. The normalized spacial score (nSPS) is 17.6. The molecule has 16 heavy (non-hydrogen) atoms. The van der Waals surface area contributed by atoms with Crippen molar-refractivity contribution in [1.82, 2.24) is 20.9 Å². The van der Waals surface area contributed by atoms with Crippen LogP contribution in [0.5, 0.6) is 0 Å². The third-order valence-corrected chi connectivity index (χ3v) is 2.57. The molecule has 92 valence electrons. The Kier molecular flexibility index (Phi) is 5.81. The van der Waals surface area contributed by atoms with Crippen LogP contribution < -0.4 is 16.0 Å². The van der Waals surface area contributed by atoms with Crippen molar-refractivity contribution in [2.24, 2.45) is 0 Å². The lowest BCUT2D eigenvalue weighted by atomic mass is 10.3. The molecule has 3 N–H and O–H groups in total. The Morgan fingerprint density at radius 3 is 2.88 bits per heavy atom. The average Bonchev–Trinajstić information content (AvgIpc) is 2.54. The molecule has 1 heterocycles. The van der Waals surface area contributed by atoms with Crippen LogP contribution in [0.4, 0.5) is 4.79 Å². The van der Waals surface area contributed by atoms with Crippen LogP contribution in [-0.4, -0.2) is 56.6 Å². The Hall–Kier alpha value is -1.14. The van der Waals surface area contributed by atoms with E-state index in [9.17, 15) is 9.59 Å². The van der Waals surface area contributed by atoms with Gasteiger partial charge in [-0.2, -0.15) is 0 Å². The number of imide groups is 1. The summed E-state index contributed by atoms with van der Waals surface area (Å²) in [5.41, 5.74) is 0. The number of nitrogens with zero attached hydrogens (tertiary/aromatic N) is 1. The molecule has 0 spiro atoms. The van der Waals surface area contributed by atoms with Crippen LogP contribution in [0.2, 0.25) is 0 Å². The van der Waals surface area contributed by atoms with Crippen molar-refractivity contribution < 1.29 is 9.59 Å². The van der Waals surface area contributed by atoms with Gasteiger partial charge in [-0.05, 0) is 19.5 Å². The molecule has 1 aliphatic heterocycles. The van der Waals surface area contributed by atoms with Crippen LogP contribution in [0, 0.1) is 0 Å². The van der Waals surface area contributed by atoms with Crippen LogP contribution in [0.25, 0.3) is 0 Å². The van der Waals surface area contributed by atoms with Gasteiger partial charge in [0.25, 0.3) is 0 Å². The van der Waals surface area contributed by atoms with Crippen molar-refractivity contribution in [3.63, 3.8) is 0 Å². The van der Waals surface area contributed by atoms with Gasteiger partial charge in [-0.25, -0.2) is 4.79 Å². The minimum absolute atomic E-state index is 0.225. The van der Waals surface area contributed by atoms with E-state index in [2.05, 4.69) is 20.9 Å². The molecule has 0 bridgehead atoms. The molecule has 0 saturated carbocycles. The average molecular weight is 228 g/mol. The number of carbonyl (C=O) groups excluding carboxylic acids is 2. The first-order valence-corrected chi connectivity index (χ1v) is 5.67. The van der Waals surface area contributed by atoms with Crippen LogP contribution in [0.15, 0.2) is 0 Å². The minimum atomic E-state index is -0.442. The molecule has 0 unspecified atom stereocenters. The molecular weight excluding hydrogens is 208 g/mol. The highest BCUT2D eigenvalue weighted by Crippen LogP contribution is 1.96. The predicted octanol–water partition coefficient (Wildman–Crippen LogP) is -0.873. The maximum absolute atomic E-state index is 11.3. The summed E-state index contributed by atoms with van der Waals surface area (Å²) in [6, 6.07) is -0.442. The maximum Gasteiger partial charge on any atom is 0.321 e. The van der Waals surface area contributed by atoms with E-state index in [1.807, 2.05) is 0 Å². The Morgan fingerprint density at radius 1 is 1.31 bits per heavy atom. The number of carbonyl (C=O) groups is 2. The Balaban J connectivity index is 2.17. The largest absolute Gasteiger partial charge is 0.341 e. The lowest BCUT2D eigenvalue weighted by Gasteiger charge is -2.18. The Labute approximate surface area is 95.8 Å². The summed E-state index contributed by atoms with van der Waals surface area (Å²) in [6.45, 7) is 4.70. The second-order valence-electron chi connectivity index (χ2n) is 3.82. The number of amides is 3. The lowest BCUT2D eigenvalue weighted by molar-refractivity contribution is -0.120. The predicted molar refractivity (Wildman–Crippen MR) is 61.1 cm³/mol. The first-order valence-electron chi connectivity index (χ1n) is 5.67. The summed E-state index contributed by atoms with van der Waals surface area (Å²) >= 11 is 0. The van der Waals surface area contributed by atoms with Crippen LogP contribution >= 0.6 is 0 Å². The molecular formula is C10H20N4O2. The molecule has 0 aromatic rings. The van der Waals surface area contributed by atoms with E-state index in [1.54, 1.807) is 0 Å². The summed E-state index contributed by atoms with van der Waals surface area (Å²) in [5, 5.41) is 7.90. The van der Waals surface area contributed by atoms with Gasteiger partial charge in [-0.3, -0.25) is 10.1 Å². The molecule has 0 aliphatic carbocycles. The number of urea groups is 1. The van der Waals surface area contributed by atoms with E-state index in [1.165, 1.54) is 7.05 Å². The van der Waals surface area contributed by atoms with E-state index in [4.69, 9.17) is 0 Å². The third kappa shape index (κ3) is 5.09. The van der Waals surface area contributed by atoms with Gasteiger partial charge >= 0.3 is 6.03 Å². The van der Waals surface area contributed by atoms with Gasteiger partial charge in [0.05, 0.1) is 0 Å². The Bertz CT molecular complexity index is 237. The molecule has 3 amide bonds. The lowest BCUT2D eigenvalue weighted by Crippen LogP contribution is -2.39. The van der Waals surface area contributed by atoms with E-state index in [0.29, 0.717) is 13.0 Å². The molecule has 1 aliphatic rings. The number of hydrogen-bond donors (Lipinski definition) is 3. The number of rotatable bonds is 3. The van der Waals surface area contributed by atoms with E-state index in [0.717, 1.165) is 32.6 Å². The topological polar surface area (TPSA) is 73.5 Å². The fourth-order valence-electron chi connectivity index (χ4n) is 1.64. The molecule has 0 atom stereocenters. The molecule has 0 radical (unpaired) electrons. The van der Waals surface area contributed by atoms with Crippen molar-refractivity contribution in [3.05, 3.63) is 0 Å². The minimum Gasteiger partial charge on any atom is -0.341 e. The van der Waals surface area contributed by atoms with Crippen molar-refractivity contribution in [1.29, 1.82) is 0 Å². The van der Waals surface area contributed by atoms with Gasteiger partial charge in [0, 0.05) is 33.1 Å². The summed E-state index contributed by atoms with van der Waals surface area (Å²) in [5.74, 6) is -0.225. The van der Waals surface area contributed by atoms with Gasteiger partial charge in [0.1, 0.15) is 0 Å². The molecule has 6 nitrogen and oxygen atoms in total. The van der Waals surface area contributed by atoms with Crippen molar-refractivity contribution >= 4 is 11.9 Å². The highest BCUT2D eigenvalue weighted by molar-refractivity contribution is 5.94. The van der Waals surface area contributed by atoms with E-state index >= 15 is 0 Å². The molecule has 1 fully saturated rings. The zero-order valence-electron chi connectivity index (χ0n) is 9.71. The second-order valence-corrected chi connectivity index (χ2v) is 3.82. The van der Waals surface area contributed by atoms with Gasteiger partial charge in [0.2, 0.25) is 5.91 Å². The molecule has 0 aromatic carbocycles. The van der Waals surface area contributed by atoms with Gasteiger partial charge in [-0.1, -0.05) is 0 Å². The SMILES string of the molecule is CNC(=O)NC(=O)CCN1CCCNCC1. The molecule has 1 saturated heterocycles. The van der Waals surface area contributed by atoms with E-state index in [-0.39, 0.29) is 5.91 Å². The quantitative estimate of drug-likeness (QED) is 0.587. The molecule has 0 aromatic heterocycles. The highest BCUT2D eigenvalue weighted by Gasteiger charge is 2.11. The fraction of sp³-hybridized carbons (Fsp3) is 0.800. The van der Waals surface area contributed by atoms with Gasteiger partial charge < -0.3 is 15.5 Å². The third-order valence-electron chi connectivity index (χ3n) is 2.57. The van der Waals surface area contributed by atoms with Crippen molar-refractivity contribution in [2.45, 2.75) is 12.8 Å². The maximum atomic E-state index is 11.3. The first-order chi connectivity index (χ1) is 7.72. The fourth-order valence-corrected chi connectivity index (χ4v) is 1.64. The number of nitrogens with one attached hydrogen (secondary N) is 3. The summed E-state index contributed by atoms with van der Waals surface area (Å²) in [6.07, 6.45) is 1.48. The highest BCUT2D eigenvalue weighted by atomic mass is 16.2. The van der Waals surface area contributed by atoms with Crippen molar-refractivity contribution in [2.75, 3.05) is 39.8 Å². The van der Waals surface area contributed by atoms with Gasteiger partial charge in [-0.15, -0.1) is 0 Å². The summed E-state index contributed by atoms with van der Waals surface area (Å²) in [7, 11) is 1.49. The van der Waals surface area contributed by atoms with Crippen LogP contribution in [0.1, 0.15) is 12.8 Å². The number of hydrogen-bond acceptors (Lipinski definition) is 4. The standard InChI is InChI=1S/C10H20N4O2/c1-11-10(16)13-9(15)3-7-14-6-2-4-12-5-8-14/h12H,2-8H2,1H3,(H2,11,13,15,16). The molecule has 1 rings (SSSR count). The summed E-state index contributed by atoms with van der Waals surface area (Å²) in [4.78, 5) is 24.4. The molecule has 6 heteroatoms. The smallest absolute Gasteiger partial charge is 0.321 e. The summed E-state index contributed by atoms with van der Waals surface area (Å²) < 4.78 is 0. The van der Waals surface area contributed by atoms with Gasteiger partial charge in [0.15, 0.2) is 0 Å².